The molecule has 0 aliphatic carbocycles. The number of carboxylic acids is 1. The van der Waals surface area contributed by atoms with Crippen molar-refractivity contribution in [1.29, 1.82) is 0 Å². The highest BCUT2D eigenvalue weighted by Crippen LogP contribution is 2.12. The minimum atomic E-state index is -1.35. The Kier molecular flexibility index (Phi) is 2.86. The van der Waals surface area contributed by atoms with E-state index in [1.54, 1.807) is 6.07 Å². The van der Waals surface area contributed by atoms with E-state index in [0.29, 0.717) is 5.56 Å². The van der Waals surface area contributed by atoms with Gasteiger partial charge in [-0.1, -0.05) is 12.1 Å². The van der Waals surface area contributed by atoms with Gasteiger partial charge in [-0.05, 0) is 24.6 Å². The van der Waals surface area contributed by atoms with Gasteiger partial charge in [-0.15, -0.1) is 0 Å². The number of benzene rings is 1. The summed E-state index contributed by atoms with van der Waals surface area (Å²) in [5, 5.41) is 8.75. The third kappa shape index (κ3) is 2.53. The molecule has 3 nitrogen and oxygen atoms in total. The van der Waals surface area contributed by atoms with Gasteiger partial charge in [0.1, 0.15) is 11.4 Å². The summed E-state index contributed by atoms with van der Waals surface area (Å²) in [7, 11) is 0. The second-order valence-electron chi connectivity index (χ2n) is 3.53. The fourth-order valence-corrected chi connectivity index (χ4v) is 1.15. The van der Waals surface area contributed by atoms with Gasteiger partial charge in [0.15, 0.2) is 0 Å². The zero-order chi connectivity index (χ0) is 10.8. The van der Waals surface area contributed by atoms with E-state index in [-0.39, 0.29) is 12.2 Å². The van der Waals surface area contributed by atoms with Crippen LogP contribution < -0.4 is 5.73 Å². The van der Waals surface area contributed by atoms with E-state index in [2.05, 4.69) is 0 Å². The molecule has 0 aliphatic rings. The molecule has 76 valence electrons. The second-order valence-corrected chi connectivity index (χ2v) is 3.53. The molecule has 1 aromatic rings. The molecule has 1 atom stereocenters. The van der Waals surface area contributed by atoms with E-state index in [4.69, 9.17) is 10.8 Å². The largest absolute Gasteiger partial charge is 0.480 e. The van der Waals surface area contributed by atoms with Crippen LogP contribution in [0.2, 0.25) is 0 Å². The van der Waals surface area contributed by atoms with Crippen molar-refractivity contribution in [3.05, 3.63) is 35.6 Å². The van der Waals surface area contributed by atoms with E-state index in [9.17, 15) is 9.18 Å². The Labute approximate surface area is 81.4 Å². The molecular weight excluding hydrogens is 185 g/mol. The maximum absolute atomic E-state index is 12.8. The van der Waals surface area contributed by atoms with Gasteiger partial charge in [0.05, 0.1) is 0 Å². The van der Waals surface area contributed by atoms with E-state index in [1.807, 2.05) is 0 Å². The smallest absolute Gasteiger partial charge is 0.323 e. The Balaban J connectivity index is 2.83. The number of hydrogen-bond acceptors (Lipinski definition) is 2. The number of carboxylic acid groups (broad SMARTS) is 1. The highest BCUT2D eigenvalue weighted by Gasteiger charge is 2.27. The first-order valence-corrected chi connectivity index (χ1v) is 4.18. The highest BCUT2D eigenvalue weighted by atomic mass is 19.1. The fraction of sp³-hybridized carbons (Fsp3) is 0.300. The van der Waals surface area contributed by atoms with E-state index in [0.717, 1.165) is 0 Å². The van der Waals surface area contributed by atoms with Gasteiger partial charge in [-0.2, -0.15) is 0 Å². The molecule has 0 saturated carbocycles. The molecule has 0 fully saturated rings. The molecule has 1 aromatic carbocycles. The van der Waals surface area contributed by atoms with Gasteiger partial charge in [0, 0.05) is 6.42 Å². The van der Waals surface area contributed by atoms with Crippen LogP contribution in [0.25, 0.3) is 0 Å². The second kappa shape index (κ2) is 3.75. The standard InChI is InChI=1S/C10H12FNO2/c1-10(12,9(13)14)6-7-3-2-4-8(11)5-7/h2-5H,6,12H2,1H3,(H,13,14). The average molecular weight is 197 g/mol. The Hall–Kier alpha value is -1.42. The van der Waals surface area contributed by atoms with Crippen LogP contribution in [-0.2, 0) is 11.2 Å². The summed E-state index contributed by atoms with van der Waals surface area (Å²) in [6.45, 7) is 1.40. The van der Waals surface area contributed by atoms with Crippen LogP contribution >= 0.6 is 0 Å². The zero-order valence-corrected chi connectivity index (χ0v) is 7.83. The Morgan fingerprint density at radius 3 is 2.79 bits per heavy atom. The lowest BCUT2D eigenvalue weighted by atomic mass is 9.94. The first-order chi connectivity index (χ1) is 6.42. The van der Waals surface area contributed by atoms with Gasteiger partial charge in [0.2, 0.25) is 0 Å². The zero-order valence-electron chi connectivity index (χ0n) is 7.83. The summed E-state index contributed by atoms with van der Waals surface area (Å²) in [4.78, 5) is 10.7. The fourth-order valence-electron chi connectivity index (χ4n) is 1.15. The summed E-state index contributed by atoms with van der Waals surface area (Å²) < 4.78 is 12.8. The maximum atomic E-state index is 12.8. The monoisotopic (exact) mass is 197 g/mol. The minimum absolute atomic E-state index is 0.111. The molecule has 1 rings (SSSR count). The lowest BCUT2D eigenvalue weighted by molar-refractivity contribution is -0.142. The lowest BCUT2D eigenvalue weighted by Gasteiger charge is -2.18. The van der Waals surface area contributed by atoms with E-state index in [1.165, 1.54) is 25.1 Å². The summed E-state index contributed by atoms with van der Waals surface area (Å²) in [5.74, 6) is -1.48. The molecule has 4 heteroatoms. The van der Waals surface area contributed by atoms with Crippen molar-refractivity contribution in [2.75, 3.05) is 0 Å². The van der Waals surface area contributed by atoms with Crippen molar-refractivity contribution >= 4 is 5.97 Å². The molecule has 1 unspecified atom stereocenters. The molecule has 0 bridgehead atoms. The Morgan fingerprint density at radius 1 is 1.64 bits per heavy atom. The van der Waals surface area contributed by atoms with Gasteiger partial charge in [0.25, 0.3) is 0 Å². The van der Waals surface area contributed by atoms with Crippen LogP contribution in [0, 0.1) is 5.82 Å². The average Bonchev–Trinajstić information content (AvgIpc) is 2.02. The molecule has 0 spiro atoms. The summed E-state index contributed by atoms with van der Waals surface area (Å²) >= 11 is 0. The predicted octanol–water partition coefficient (Wildman–Crippen LogP) is 1.17. The SMILES string of the molecule is CC(N)(Cc1cccc(F)c1)C(=O)O. The van der Waals surface area contributed by atoms with Crippen LogP contribution in [-0.4, -0.2) is 16.6 Å². The lowest BCUT2D eigenvalue weighted by Crippen LogP contribution is -2.46. The molecule has 0 aromatic heterocycles. The van der Waals surface area contributed by atoms with E-state index < -0.39 is 11.5 Å². The maximum Gasteiger partial charge on any atom is 0.323 e. The number of nitrogens with two attached hydrogens (primary N) is 1. The summed E-state index contributed by atoms with van der Waals surface area (Å²) in [6, 6.07) is 5.77. The Morgan fingerprint density at radius 2 is 2.29 bits per heavy atom. The number of hydrogen-bond donors (Lipinski definition) is 2. The van der Waals surface area contributed by atoms with Crippen molar-refractivity contribution in [3.8, 4) is 0 Å². The van der Waals surface area contributed by atoms with Crippen molar-refractivity contribution in [1.82, 2.24) is 0 Å². The summed E-state index contributed by atoms with van der Waals surface area (Å²) in [5.41, 5.74) is 4.75. The third-order valence-corrected chi connectivity index (χ3v) is 1.95. The number of carbonyl (C=O) groups is 1. The first kappa shape index (κ1) is 10.7. The normalized spacial score (nSPS) is 14.8. The predicted molar refractivity (Wildman–Crippen MR) is 50.3 cm³/mol. The van der Waals surface area contributed by atoms with Crippen molar-refractivity contribution in [2.45, 2.75) is 18.9 Å². The Bertz CT molecular complexity index is 350. The van der Waals surface area contributed by atoms with E-state index >= 15 is 0 Å². The van der Waals surface area contributed by atoms with Crippen LogP contribution in [0.5, 0.6) is 0 Å². The molecule has 0 saturated heterocycles. The highest BCUT2D eigenvalue weighted by molar-refractivity contribution is 5.78. The van der Waals surface area contributed by atoms with Crippen molar-refractivity contribution in [3.63, 3.8) is 0 Å². The first-order valence-electron chi connectivity index (χ1n) is 4.18. The summed E-state index contributed by atoms with van der Waals surface area (Å²) in [6.07, 6.45) is 0.111. The van der Waals surface area contributed by atoms with Crippen molar-refractivity contribution in [2.24, 2.45) is 5.73 Å². The molecule has 3 N–H and O–H groups in total. The molecular formula is C10H12FNO2. The molecule has 0 radical (unpaired) electrons. The van der Waals surface area contributed by atoms with Crippen LogP contribution in [0.3, 0.4) is 0 Å². The molecule has 0 heterocycles. The van der Waals surface area contributed by atoms with Gasteiger partial charge in [-0.25, -0.2) is 4.39 Å². The molecule has 0 aliphatic heterocycles. The molecule has 0 amide bonds. The molecule has 14 heavy (non-hydrogen) atoms. The third-order valence-electron chi connectivity index (χ3n) is 1.95. The number of halogens is 1. The van der Waals surface area contributed by atoms with Crippen LogP contribution in [0.1, 0.15) is 12.5 Å². The minimum Gasteiger partial charge on any atom is -0.480 e. The quantitative estimate of drug-likeness (QED) is 0.764. The van der Waals surface area contributed by atoms with Gasteiger partial charge < -0.3 is 10.8 Å². The van der Waals surface area contributed by atoms with Crippen LogP contribution in [0.4, 0.5) is 4.39 Å². The van der Waals surface area contributed by atoms with Gasteiger partial charge >= 0.3 is 5.97 Å². The topological polar surface area (TPSA) is 63.3 Å². The van der Waals surface area contributed by atoms with Crippen LogP contribution in [0.15, 0.2) is 24.3 Å². The van der Waals surface area contributed by atoms with Crippen molar-refractivity contribution < 1.29 is 14.3 Å². The van der Waals surface area contributed by atoms with Gasteiger partial charge in [-0.3, -0.25) is 4.79 Å². The number of rotatable bonds is 3. The number of aliphatic carboxylic acids is 1.